The summed E-state index contributed by atoms with van der Waals surface area (Å²) in [6.07, 6.45) is 1.73. The molecule has 0 bridgehead atoms. The van der Waals surface area contributed by atoms with Gasteiger partial charge in [-0.1, -0.05) is 43.8 Å². The molecule has 0 saturated heterocycles. The van der Waals surface area contributed by atoms with E-state index in [0.29, 0.717) is 23.4 Å². The first kappa shape index (κ1) is 21.0. The molecule has 2 aromatic heterocycles. The summed E-state index contributed by atoms with van der Waals surface area (Å²) in [6.45, 7) is 10.8. The molecule has 0 aliphatic carbocycles. The number of thioether (sulfide) groups is 1. The molecule has 0 aliphatic heterocycles. The summed E-state index contributed by atoms with van der Waals surface area (Å²) < 4.78 is 1.26. The second kappa shape index (κ2) is 8.78. The standard InChI is InChI=1S/C22H27N5OS/c1-6-27-19(18-9-7-8-14-23-18)25-26-21(27)29-22(4,5)20(28)24-17-12-10-16(11-13-17)15(2)3/h7-15H,6H2,1-5H3,(H,24,28). The molecule has 6 nitrogen and oxygen atoms in total. The molecule has 0 fully saturated rings. The van der Waals surface area contributed by atoms with E-state index in [1.54, 1.807) is 6.20 Å². The fourth-order valence-electron chi connectivity index (χ4n) is 2.84. The first-order valence-electron chi connectivity index (χ1n) is 9.77. The molecule has 0 aliphatic rings. The average molecular weight is 410 g/mol. The summed E-state index contributed by atoms with van der Waals surface area (Å²) in [5.74, 6) is 1.08. The highest BCUT2D eigenvalue weighted by molar-refractivity contribution is 8.01. The number of amides is 1. The van der Waals surface area contributed by atoms with E-state index in [0.717, 1.165) is 11.4 Å². The first-order valence-corrected chi connectivity index (χ1v) is 10.6. The Balaban J connectivity index is 1.76. The van der Waals surface area contributed by atoms with E-state index >= 15 is 0 Å². The third-order valence-electron chi connectivity index (χ3n) is 4.66. The summed E-state index contributed by atoms with van der Waals surface area (Å²) in [5, 5.41) is 12.3. The topological polar surface area (TPSA) is 72.7 Å². The number of carbonyl (C=O) groups excluding carboxylic acids is 1. The van der Waals surface area contributed by atoms with Gasteiger partial charge in [-0.05, 0) is 56.5 Å². The highest BCUT2D eigenvalue weighted by Crippen LogP contribution is 2.34. The fraction of sp³-hybridized carbons (Fsp3) is 0.364. The van der Waals surface area contributed by atoms with Crippen LogP contribution in [-0.2, 0) is 11.3 Å². The summed E-state index contributed by atoms with van der Waals surface area (Å²) >= 11 is 1.40. The number of nitrogens with zero attached hydrogens (tertiary/aromatic N) is 4. The van der Waals surface area contributed by atoms with Crippen LogP contribution < -0.4 is 5.32 Å². The van der Waals surface area contributed by atoms with Crippen molar-refractivity contribution in [2.75, 3.05) is 5.32 Å². The van der Waals surface area contributed by atoms with E-state index in [-0.39, 0.29) is 5.91 Å². The van der Waals surface area contributed by atoms with Crippen molar-refractivity contribution in [2.24, 2.45) is 0 Å². The minimum absolute atomic E-state index is 0.0789. The number of aromatic nitrogens is 4. The van der Waals surface area contributed by atoms with Gasteiger partial charge in [0.15, 0.2) is 11.0 Å². The zero-order chi connectivity index (χ0) is 21.0. The van der Waals surface area contributed by atoms with Crippen LogP contribution in [0.4, 0.5) is 5.69 Å². The molecule has 152 valence electrons. The van der Waals surface area contributed by atoms with Gasteiger partial charge in [0.1, 0.15) is 5.69 Å². The lowest BCUT2D eigenvalue weighted by atomic mass is 10.0. The second-order valence-corrected chi connectivity index (χ2v) is 9.20. The first-order chi connectivity index (χ1) is 13.8. The van der Waals surface area contributed by atoms with Gasteiger partial charge >= 0.3 is 0 Å². The van der Waals surface area contributed by atoms with Crippen molar-refractivity contribution in [1.82, 2.24) is 19.7 Å². The lowest BCUT2D eigenvalue weighted by molar-refractivity contribution is -0.117. The van der Waals surface area contributed by atoms with Crippen LogP contribution in [0.25, 0.3) is 11.5 Å². The molecule has 1 amide bonds. The SMILES string of the molecule is CCn1c(SC(C)(C)C(=O)Nc2ccc(C(C)C)cc2)nnc1-c1ccccn1. The Morgan fingerprint density at radius 3 is 2.45 bits per heavy atom. The molecule has 3 rings (SSSR count). The number of hydrogen-bond acceptors (Lipinski definition) is 5. The predicted octanol–water partition coefficient (Wildman–Crippen LogP) is 4.99. The number of carbonyl (C=O) groups is 1. The lowest BCUT2D eigenvalue weighted by Gasteiger charge is -2.23. The normalized spacial score (nSPS) is 11.7. The van der Waals surface area contributed by atoms with Crippen LogP contribution >= 0.6 is 11.8 Å². The van der Waals surface area contributed by atoms with Gasteiger partial charge < -0.3 is 9.88 Å². The fourth-order valence-corrected chi connectivity index (χ4v) is 3.85. The van der Waals surface area contributed by atoms with E-state index in [4.69, 9.17) is 0 Å². The predicted molar refractivity (Wildman–Crippen MR) is 118 cm³/mol. The Labute approximate surface area is 176 Å². The number of rotatable bonds is 7. The molecule has 1 N–H and O–H groups in total. The van der Waals surface area contributed by atoms with Crippen molar-refractivity contribution in [3.63, 3.8) is 0 Å². The minimum Gasteiger partial charge on any atom is -0.325 e. The summed E-state index contributed by atoms with van der Waals surface area (Å²) in [4.78, 5) is 17.3. The van der Waals surface area contributed by atoms with E-state index in [1.807, 2.05) is 67.8 Å². The van der Waals surface area contributed by atoms with Crippen molar-refractivity contribution < 1.29 is 4.79 Å². The smallest absolute Gasteiger partial charge is 0.240 e. The molecule has 2 heterocycles. The van der Waals surface area contributed by atoms with E-state index in [1.165, 1.54) is 17.3 Å². The Bertz CT molecular complexity index is 965. The van der Waals surface area contributed by atoms with Crippen LogP contribution in [-0.4, -0.2) is 30.4 Å². The Hall–Kier alpha value is -2.67. The lowest BCUT2D eigenvalue weighted by Crippen LogP contribution is -2.34. The van der Waals surface area contributed by atoms with Gasteiger partial charge in [0.05, 0.1) is 4.75 Å². The van der Waals surface area contributed by atoms with Crippen LogP contribution in [0.1, 0.15) is 46.1 Å². The molecule has 3 aromatic rings. The van der Waals surface area contributed by atoms with Crippen LogP contribution in [0.2, 0.25) is 0 Å². The molecule has 29 heavy (non-hydrogen) atoms. The van der Waals surface area contributed by atoms with Crippen molar-refractivity contribution in [1.29, 1.82) is 0 Å². The number of nitrogens with one attached hydrogen (secondary N) is 1. The summed E-state index contributed by atoms with van der Waals surface area (Å²) in [6, 6.07) is 13.7. The van der Waals surface area contributed by atoms with Gasteiger partial charge in [-0.3, -0.25) is 9.78 Å². The van der Waals surface area contributed by atoms with Crippen LogP contribution in [0.15, 0.2) is 53.8 Å². The van der Waals surface area contributed by atoms with Gasteiger partial charge in [-0.15, -0.1) is 10.2 Å². The Morgan fingerprint density at radius 2 is 1.86 bits per heavy atom. The van der Waals surface area contributed by atoms with Crippen molar-refractivity contribution >= 4 is 23.4 Å². The quantitative estimate of drug-likeness (QED) is 0.556. The maximum atomic E-state index is 12.9. The van der Waals surface area contributed by atoms with Gasteiger partial charge in [0, 0.05) is 18.4 Å². The number of anilines is 1. The Kier molecular flexibility index (Phi) is 6.37. The van der Waals surface area contributed by atoms with Crippen molar-refractivity contribution in [3.05, 3.63) is 54.2 Å². The molecule has 0 unspecified atom stereocenters. The van der Waals surface area contributed by atoms with Crippen molar-refractivity contribution in [2.45, 2.75) is 57.0 Å². The minimum atomic E-state index is -0.724. The van der Waals surface area contributed by atoms with Gasteiger partial charge in [0.2, 0.25) is 5.91 Å². The maximum Gasteiger partial charge on any atom is 0.240 e. The van der Waals surface area contributed by atoms with Crippen LogP contribution in [0.5, 0.6) is 0 Å². The molecule has 0 spiro atoms. The monoisotopic (exact) mass is 409 g/mol. The van der Waals surface area contributed by atoms with E-state index in [2.05, 4.69) is 34.3 Å². The zero-order valence-electron chi connectivity index (χ0n) is 17.5. The van der Waals surface area contributed by atoms with Gasteiger partial charge in [0.25, 0.3) is 0 Å². The zero-order valence-corrected chi connectivity index (χ0v) is 18.3. The molecule has 1 aromatic carbocycles. The molecular formula is C22H27N5OS. The maximum absolute atomic E-state index is 12.9. The third-order valence-corrected chi connectivity index (χ3v) is 5.84. The summed E-state index contributed by atoms with van der Waals surface area (Å²) in [7, 11) is 0. The highest BCUT2D eigenvalue weighted by Gasteiger charge is 2.32. The molecule has 0 atom stereocenters. The second-order valence-electron chi connectivity index (χ2n) is 7.61. The summed E-state index contributed by atoms with van der Waals surface area (Å²) in [5.41, 5.74) is 2.80. The largest absolute Gasteiger partial charge is 0.325 e. The number of hydrogen-bond donors (Lipinski definition) is 1. The van der Waals surface area contributed by atoms with Crippen molar-refractivity contribution in [3.8, 4) is 11.5 Å². The van der Waals surface area contributed by atoms with Crippen LogP contribution in [0, 0.1) is 0 Å². The van der Waals surface area contributed by atoms with E-state index in [9.17, 15) is 4.79 Å². The van der Waals surface area contributed by atoms with E-state index < -0.39 is 4.75 Å². The number of benzene rings is 1. The molecule has 7 heteroatoms. The average Bonchev–Trinajstić information content (AvgIpc) is 3.10. The molecule has 0 saturated carbocycles. The molecular weight excluding hydrogens is 382 g/mol. The van der Waals surface area contributed by atoms with Gasteiger partial charge in [-0.25, -0.2) is 0 Å². The molecule has 0 radical (unpaired) electrons. The van der Waals surface area contributed by atoms with Gasteiger partial charge in [-0.2, -0.15) is 0 Å². The Morgan fingerprint density at radius 1 is 1.14 bits per heavy atom. The van der Waals surface area contributed by atoms with Crippen LogP contribution in [0.3, 0.4) is 0 Å². The number of pyridine rings is 1. The highest BCUT2D eigenvalue weighted by atomic mass is 32.2. The third kappa shape index (κ3) is 4.85.